The molecule has 8 nitrogen and oxygen atoms in total. The number of hydrogen-bond acceptors (Lipinski definition) is 2. The van der Waals surface area contributed by atoms with Crippen molar-refractivity contribution in [1.29, 1.82) is 0 Å². The van der Waals surface area contributed by atoms with Crippen molar-refractivity contribution in [1.82, 2.24) is 26.7 Å². The third-order valence-corrected chi connectivity index (χ3v) is 31.1. The van der Waals surface area contributed by atoms with E-state index in [1.807, 2.05) is 24.3 Å². The van der Waals surface area contributed by atoms with Gasteiger partial charge in [0.05, 0.1) is 122 Å². The van der Waals surface area contributed by atoms with Gasteiger partial charge in [-0.25, -0.2) is 0 Å². The molecule has 21 aromatic carbocycles. The highest BCUT2D eigenvalue weighted by atomic mass is 15.2. The molecule has 2 aliphatic rings. The molecule has 642 valence electrons. The van der Waals surface area contributed by atoms with E-state index in [9.17, 15) is 21.9 Å². The highest BCUT2D eigenvalue weighted by molar-refractivity contribution is 7.00. The minimum Gasteiger partial charge on any atom is -0.310 e. The van der Waals surface area contributed by atoms with Crippen molar-refractivity contribution >= 4 is 253 Å². The van der Waals surface area contributed by atoms with Gasteiger partial charge in [-0.15, -0.1) is 0 Å². The molecule has 0 radical (unpaired) electrons. The summed E-state index contributed by atoms with van der Waals surface area (Å²) in [5.41, 5.74) is 26.1. The minimum absolute atomic E-state index is 0.0678. The SMILES string of the molecule is [2H]c1c([2H])c([2H])c2c(c1[2H])c1c([2H])c([2H])c([2H])c([2H])c1n2-c1ccc2c(c1)N(c1c(-c3cc4c5ccccc5n5c6ccccc6c(c3)c45)cccc1-c1cc3c4ccccc4n4c5ccccc5c(c1)c34)c1cc(C(C)(C)C)cc3c1B2c1ccc(-n2c4c([2H])c([2H])c([2H])c([2H])c4c4c([2H])c([2H])c([2H])c([2H])c42)cc1N3c1c(-c2cc3c4ccccc4n4c5ccccc5c(c2)c34)cccc1-c1cc2c3ccccc3n3c4ccccc4c(c1)c23. The molecule has 0 bridgehead atoms. The number of anilines is 6. The largest absolute Gasteiger partial charge is 0.310 e. The fourth-order valence-corrected chi connectivity index (χ4v) is 25.4. The summed E-state index contributed by atoms with van der Waals surface area (Å²) in [5, 5.41) is 16.3. The van der Waals surface area contributed by atoms with Crippen molar-refractivity contribution in [3.8, 4) is 55.9 Å². The smallest absolute Gasteiger partial charge is 0.252 e. The molecule has 0 saturated heterocycles. The molecule has 33 rings (SSSR count). The Balaban J connectivity index is 0.773. The van der Waals surface area contributed by atoms with Crippen LogP contribution < -0.4 is 26.2 Å². The van der Waals surface area contributed by atoms with Crippen molar-refractivity contribution in [3.05, 3.63) is 430 Å². The average molecular weight is 1780 g/mol. The lowest BCUT2D eigenvalue weighted by atomic mass is 9.33. The van der Waals surface area contributed by atoms with Gasteiger partial charge < -0.3 is 36.5 Å². The van der Waals surface area contributed by atoms with Gasteiger partial charge in [-0.1, -0.05) is 287 Å². The molecule has 139 heavy (non-hydrogen) atoms. The zero-order chi connectivity index (χ0) is 104. The predicted molar refractivity (Wildman–Crippen MR) is 588 cm³/mol. The van der Waals surface area contributed by atoms with E-state index in [1.54, 1.807) is 9.13 Å². The molecular formula is C130H79BN8. The molecule has 0 N–H and O–H groups in total. The normalized spacial score (nSPS) is 14.9. The lowest BCUT2D eigenvalue weighted by Crippen LogP contribution is -2.61. The Bertz CT molecular complexity index is 10500. The van der Waals surface area contributed by atoms with Crippen LogP contribution in [0.1, 0.15) is 48.3 Å². The molecule has 0 atom stereocenters. The zero-order valence-corrected chi connectivity index (χ0v) is 74.8. The Hall–Kier alpha value is -17.9. The molecule has 31 aromatic rings. The fourth-order valence-electron chi connectivity index (χ4n) is 25.4. The average Bonchev–Trinajstić information content (AvgIpc) is 1.17. The molecule has 0 amide bonds. The van der Waals surface area contributed by atoms with Gasteiger partial charge in [0.15, 0.2) is 0 Å². The number of hydrogen-bond donors (Lipinski definition) is 0. The van der Waals surface area contributed by atoms with E-state index >= 15 is 0 Å². The third kappa shape index (κ3) is 9.58. The van der Waals surface area contributed by atoms with Crippen LogP contribution in [-0.2, 0) is 5.41 Å². The summed E-state index contributed by atoms with van der Waals surface area (Å²) < 4.78 is 170. The highest BCUT2D eigenvalue weighted by Crippen LogP contribution is 2.59. The quantitative estimate of drug-likeness (QED) is 0.142. The van der Waals surface area contributed by atoms with E-state index in [4.69, 9.17) is 0 Å². The number of nitrogens with zero attached hydrogens (tertiary/aromatic N) is 8. The summed E-state index contributed by atoms with van der Waals surface area (Å²) in [4.78, 5) is 4.87. The number of benzene rings is 21. The molecule has 0 fully saturated rings. The van der Waals surface area contributed by atoms with E-state index < -0.39 is 109 Å². The van der Waals surface area contributed by atoms with Crippen molar-refractivity contribution in [2.75, 3.05) is 9.80 Å². The second-order valence-corrected chi connectivity index (χ2v) is 38.9. The standard InChI is InChI=1S/C130H79BN8/c1-130(2,3)78-70-121-123-122(71-78)139(125-83(76-66-101-93-38-12-24-54-115(93)136-116-55-25-13-39-94(116)102(67-76)128(101)136)44-29-45-84(125)77-68-103-95-40-14-26-56-117(95)137-118-57-27-15-41-96(118)104(69-77)129(103)137)120-73-80(133-109-48-18-6-32-87(109)88-33-7-19-49-110(88)133)59-61-106(120)131(123)105-60-58-79(132-107-46-16-4-30-85(107)86-31-5-17-47-108(86)132)72-119(105)138(121)124-81(74-62-97-89-34-8-20-50-111(89)134-112-51-21-9-35-90(112)98(63-74)126(97)134)42-28-43-82(124)75-64-99-91-36-10-22-52-113(91)135-114-53-23-11-37-92(114)100(65-75)127(99)135/h4-73H,1-3H3/i4D,5D,6D,7D,16D,17D,18D,19D,30D,31D,32D,33D,46D,47D,48D,49D. The van der Waals surface area contributed by atoms with Crippen LogP contribution in [0.4, 0.5) is 34.1 Å². The Morgan fingerprint density at radius 3 is 0.698 bits per heavy atom. The van der Waals surface area contributed by atoms with Crippen LogP contribution in [-0.4, -0.2) is 33.4 Å². The number of para-hydroxylation sites is 14. The van der Waals surface area contributed by atoms with E-state index in [0.29, 0.717) is 45.0 Å². The first-order chi connectivity index (χ1) is 75.3. The second-order valence-electron chi connectivity index (χ2n) is 38.9. The summed E-state index contributed by atoms with van der Waals surface area (Å²) >= 11 is 0. The van der Waals surface area contributed by atoms with Crippen LogP contribution >= 0.6 is 0 Å². The molecular weight excluding hydrogens is 1680 g/mol. The Morgan fingerprint density at radius 1 is 0.216 bits per heavy atom. The molecule has 10 aromatic heterocycles. The van der Waals surface area contributed by atoms with Gasteiger partial charge in [-0.05, 0) is 207 Å². The second kappa shape index (κ2) is 26.6. The van der Waals surface area contributed by atoms with Gasteiger partial charge in [0.1, 0.15) is 0 Å². The van der Waals surface area contributed by atoms with Gasteiger partial charge >= 0.3 is 0 Å². The zero-order valence-electron chi connectivity index (χ0n) is 90.8. The van der Waals surface area contributed by atoms with Crippen LogP contribution in [0, 0.1) is 0 Å². The Labute approximate surface area is 818 Å². The third-order valence-electron chi connectivity index (χ3n) is 31.1. The topological polar surface area (TPSA) is 34.0 Å². The maximum atomic E-state index is 10.3. The number of aromatic nitrogens is 6. The summed E-state index contributed by atoms with van der Waals surface area (Å²) in [6.07, 6.45) is 0. The minimum atomic E-state index is -0.889. The fraction of sp³-hybridized carbons (Fsp3) is 0.0308. The summed E-state index contributed by atoms with van der Waals surface area (Å²) in [5.74, 6) is 0. The summed E-state index contributed by atoms with van der Waals surface area (Å²) in [6.45, 7) is 5.80. The molecule has 0 aliphatic carbocycles. The lowest BCUT2D eigenvalue weighted by Gasteiger charge is -2.46. The van der Waals surface area contributed by atoms with Crippen LogP contribution in [0.5, 0.6) is 0 Å². The molecule has 12 heterocycles. The monoisotopic (exact) mass is 1780 g/mol. The van der Waals surface area contributed by atoms with E-state index in [2.05, 4.69) is 351 Å². The molecule has 9 heteroatoms. The van der Waals surface area contributed by atoms with Gasteiger partial charge in [0.25, 0.3) is 6.71 Å². The van der Waals surface area contributed by atoms with Gasteiger partial charge in [-0.2, -0.15) is 0 Å². The van der Waals surface area contributed by atoms with Gasteiger partial charge in [-0.3, -0.25) is 0 Å². The Morgan fingerprint density at radius 2 is 0.453 bits per heavy atom. The van der Waals surface area contributed by atoms with Crippen LogP contribution in [0.2, 0.25) is 0 Å². The Kier molecular flexibility index (Phi) is 11.7. The maximum absolute atomic E-state index is 10.3. The van der Waals surface area contributed by atoms with Crippen LogP contribution in [0.25, 0.3) is 252 Å². The molecule has 0 spiro atoms. The molecule has 2 aliphatic heterocycles. The van der Waals surface area contributed by atoms with Crippen LogP contribution in [0.15, 0.2) is 424 Å². The summed E-state index contributed by atoms with van der Waals surface area (Å²) in [6, 6.07) is 109. The van der Waals surface area contributed by atoms with Crippen molar-refractivity contribution in [2.24, 2.45) is 0 Å². The van der Waals surface area contributed by atoms with E-state index in [0.717, 1.165) is 219 Å². The highest BCUT2D eigenvalue weighted by Gasteiger charge is 2.47. The maximum Gasteiger partial charge on any atom is 0.252 e. The van der Waals surface area contributed by atoms with Crippen LogP contribution in [0.3, 0.4) is 0 Å². The van der Waals surface area contributed by atoms with Gasteiger partial charge in [0, 0.05) is 164 Å². The summed E-state index contributed by atoms with van der Waals surface area (Å²) in [7, 11) is 0. The first kappa shape index (κ1) is 61.1. The van der Waals surface area contributed by atoms with Crippen molar-refractivity contribution in [2.45, 2.75) is 26.2 Å². The molecule has 0 unspecified atom stereocenters. The lowest BCUT2D eigenvalue weighted by molar-refractivity contribution is 0.590. The van der Waals surface area contributed by atoms with Crippen molar-refractivity contribution < 1.29 is 21.9 Å². The first-order valence-electron chi connectivity index (χ1n) is 55.3. The molecule has 0 saturated carbocycles. The first-order valence-corrected chi connectivity index (χ1v) is 47.3. The van der Waals surface area contributed by atoms with E-state index in [-0.39, 0.29) is 43.6 Å². The van der Waals surface area contributed by atoms with Crippen molar-refractivity contribution in [3.63, 3.8) is 0 Å². The van der Waals surface area contributed by atoms with E-state index in [1.165, 1.54) is 0 Å². The number of fused-ring (bicyclic) bond motifs is 34. The predicted octanol–water partition coefficient (Wildman–Crippen LogP) is 32.5. The van der Waals surface area contributed by atoms with Gasteiger partial charge in [0.2, 0.25) is 0 Å². The number of rotatable bonds is 8.